The van der Waals surface area contributed by atoms with Gasteiger partial charge in [0, 0.05) is 30.9 Å². The molecule has 0 spiro atoms. The Kier molecular flexibility index (Phi) is 7.30. The van der Waals surface area contributed by atoms with Crippen LogP contribution in [0, 0.1) is 0 Å². The first-order valence-corrected chi connectivity index (χ1v) is 8.56. The van der Waals surface area contributed by atoms with Crippen LogP contribution in [0.4, 0.5) is 5.69 Å². The quantitative estimate of drug-likeness (QED) is 0.697. The Bertz CT molecular complexity index is 611. The third kappa shape index (κ3) is 5.39. The monoisotopic (exact) mass is 325 g/mol. The Morgan fingerprint density at radius 1 is 1.00 bits per heavy atom. The molecular weight excluding hydrogens is 298 g/mol. The fraction of sp³-hybridized carbons (Fsp3) is 0.350. The van der Waals surface area contributed by atoms with Crippen LogP contribution in [0.5, 0.6) is 0 Å². The van der Waals surface area contributed by atoms with Gasteiger partial charge in [0.25, 0.3) is 5.91 Å². The minimum Gasteiger partial charge on any atom is -0.367 e. The van der Waals surface area contributed by atoms with E-state index in [1.807, 2.05) is 37.4 Å². The molecule has 4 nitrogen and oxygen atoms in total. The van der Waals surface area contributed by atoms with Gasteiger partial charge in [-0.15, -0.1) is 0 Å². The molecule has 2 aromatic carbocycles. The van der Waals surface area contributed by atoms with Crippen molar-refractivity contribution < 1.29 is 4.79 Å². The van der Waals surface area contributed by atoms with Crippen LogP contribution < -0.4 is 15.5 Å². The second-order valence-electron chi connectivity index (χ2n) is 5.76. The standard InChI is InChI=1S/C20H27N3O/c1-3-23(16-17-8-5-4-6-9-17)19-12-10-18(11-13-19)20(24)22-15-7-14-21-2/h4-6,8-13,21H,3,7,14-16H2,1-2H3,(H,22,24). The Labute approximate surface area is 144 Å². The van der Waals surface area contributed by atoms with E-state index in [1.54, 1.807) is 0 Å². The molecular formula is C20H27N3O. The van der Waals surface area contributed by atoms with E-state index < -0.39 is 0 Å². The molecule has 0 aliphatic carbocycles. The third-order valence-corrected chi connectivity index (χ3v) is 3.98. The zero-order chi connectivity index (χ0) is 17.2. The van der Waals surface area contributed by atoms with Crippen molar-refractivity contribution in [2.45, 2.75) is 19.9 Å². The highest BCUT2D eigenvalue weighted by atomic mass is 16.1. The number of benzene rings is 2. The maximum atomic E-state index is 12.1. The first-order valence-electron chi connectivity index (χ1n) is 8.56. The predicted octanol–water partition coefficient (Wildman–Crippen LogP) is 3.05. The van der Waals surface area contributed by atoms with E-state index in [0.717, 1.165) is 31.7 Å². The number of amides is 1. The summed E-state index contributed by atoms with van der Waals surface area (Å²) in [6.45, 7) is 5.53. The summed E-state index contributed by atoms with van der Waals surface area (Å²) in [7, 11) is 1.91. The molecule has 0 saturated carbocycles. The lowest BCUT2D eigenvalue weighted by Gasteiger charge is -2.23. The van der Waals surface area contributed by atoms with Gasteiger partial charge in [-0.25, -0.2) is 0 Å². The molecule has 0 aromatic heterocycles. The molecule has 2 rings (SSSR count). The number of nitrogens with zero attached hydrogens (tertiary/aromatic N) is 1. The summed E-state index contributed by atoms with van der Waals surface area (Å²) in [5, 5.41) is 6.01. The molecule has 0 heterocycles. The Morgan fingerprint density at radius 2 is 1.71 bits per heavy atom. The van der Waals surface area contributed by atoms with E-state index in [9.17, 15) is 4.79 Å². The van der Waals surface area contributed by atoms with Gasteiger partial charge < -0.3 is 15.5 Å². The maximum Gasteiger partial charge on any atom is 0.251 e. The lowest BCUT2D eigenvalue weighted by atomic mass is 10.1. The van der Waals surface area contributed by atoms with E-state index in [2.05, 4.69) is 46.7 Å². The molecule has 0 bridgehead atoms. The molecule has 0 radical (unpaired) electrons. The largest absolute Gasteiger partial charge is 0.367 e. The summed E-state index contributed by atoms with van der Waals surface area (Å²) in [5.74, 6) is -0.0104. The first kappa shape index (κ1) is 18.0. The van der Waals surface area contributed by atoms with E-state index in [-0.39, 0.29) is 5.91 Å². The molecule has 0 unspecified atom stereocenters. The highest BCUT2D eigenvalue weighted by molar-refractivity contribution is 5.94. The van der Waals surface area contributed by atoms with E-state index in [1.165, 1.54) is 5.56 Å². The molecule has 2 N–H and O–H groups in total. The average molecular weight is 325 g/mol. The van der Waals surface area contributed by atoms with Crippen molar-refractivity contribution in [2.75, 3.05) is 31.6 Å². The normalized spacial score (nSPS) is 10.4. The summed E-state index contributed by atoms with van der Waals surface area (Å²) >= 11 is 0. The summed E-state index contributed by atoms with van der Waals surface area (Å²) in [4.78, 5) is 14.4. The Morgan fingerprint density at radius 3 is 2.33 bits per heavy atom. The second kappa shape index (κ2) is 9.73. The summed E-state index contributed by atoms with van der Waals surface area (Å²) in [5.41, 5.74) is 3.12. The Balaban J connectivity index is 1.95. The molecule has 0 atom stereocenters. The molecule has 0 aliphatic heterocycles. The summed E-state index contributed by atoms with van der Waals surface area (Å²) in [6.07, 6.45) is 0.932. The minimum atomic E-state index is -0.0104. The van der Waals surface area contributed by atoms with Gasteiger partial charge in [-0.3, -0.25) is 4.79 Å². The average Bonchev–Trinajstić information content (AvgIpc) is 2.64. The van der Waals surface area contributed by atoms with Crippen LogP contribution in [0.1, 0.15) is 29.3 Å². The fourth-order valence-electron chi connectivity index (χ4n) is 2.58. The number of hydrogen-bond acceptors (Lipinski definition) is 3. The van der Waals surface area contributed by atoms with E-state index in [4.69, 9.17) is 0 Å². The first-order chi connectivity index (χ1) is 11.7. The number of carbonyl (C=O) groups excluding carboxylic acids is 1. The lowest BCUT2D eigenvalue weighted by Crippen LogP contribution is -2.26. The van der Waals surface area contributed by atoms with Gasteiger partial charge in [0.1, 0.15) is 0 Å². The van der Waals surface area contributed by atoms with Crippen LogP contribution >= 0.6 is 0 Å². The molecule has 0 saturated heterocycles. The maximum absolute atomic E-state index is 12.1. The zero-order valence-electron chi connectivity index (χ0n) is 14.6. The topological polar surface area (TPSA) is 44.4 Å². The van der Waals surface area contributed by atoms with Crippen LogP contribution in [0.2, 0.25) is 0 Å². The van der Waals surface area contributed by atoms with Gasteiger partial charge in [0.2, 0.25) is 0 Å². The molecule has 128 valence electrons. The number of rotatable bonds is 9. The molecule has 4 heteroatoms. The highest BCUT2D eigenvalue weighted by Crippen LogP contribution is 2.18. The van der Waals surface area contributed by atoms with Gasteiger partial charge in [-0.2, -0.15) is 0 Å². The van der Waals surface area contributed by atoms with Crippen LogP contribution in [-0.4, -0.2) is 32.6 Å². The number of nitrogens with one attached hydrogen (secondary N) is 2. The van der Waals surface area contributed by atoms with E-state index in [0.29, 0.717) is 12.1 Å². The molecule has 24 heavy (non-hydrogen) atoms. The van der Waals surface area contributed by atoms with Gasteiger partial charge in [0.05, 0.1) is 0 Å². The number of anilines is 1. The SMILES string of the molecule is CCN(Cc1ccccc1)c1ccc(C(=O)NCCCNC)cc1. The lowest BCUT2D eigenvalue weighted by molar-refractivity contribution is 0.0953. The summed E-state index contributed by atoms with van der Waals surface area (Å²) < 4.78 is 0. The summed E-state index contributed by atoms with van der Waals surface area (Å²) in [6, 6.07) is 18.3. The zero-order valence-corrected chi connectivity index (χ0v) is 14.6. The van der Waals surface area contributed by atoms with Gasteiger partial charge in [-0.05, 0) is 56.8 Å². The van der Waals surface area contributed by atoms with Crippen LogP contribution in [0.3, 0.4) is 0 Å². The molecule has 0 aliphatic rings. The van der Waals surface area contributed by atoms with Crippen molar-refractivity contribution in [1.29, 1.82) is 0 Å². The smallest absolute Gasteiger partial charge is 0.251 e. The van der Waals surface area contributed by atoms with Crippen molar-refractivity contribution in [2.24, 2.45) is 0 Å². The van der Waals surface area contributed by atoms with Crippen molar-refractivity contribution in [3.63, 3.8) is 0 Å². The predicted molar refractivity (Wildman–Crippen MR) is 100 cm³/mol. The fourth-order valence-corrected chi connectivity index (χ4v) is 2.58. The molecule has 2 aromatic rings. The van der Waals surface area contributed by atoms with Crippen LogP contribution in [0.25, 0.3) is 0 Å². The van der Waals surface area contributed by atoms with E-state index >= 15 is 0 Å². The van der Waals surface area contributed by atoms with Crippen molar-refractivity contribution in [1.82, 2.24) is 10.6 Å². The molecule has 1 amide bonds. The van der Waals surface area contributed by atoms with Crippen molar-refractivity contribution in [3.05, 3.63) is 65.7 Å². The number of carbonyl (C=O) groups is 1. The highest BCUT2D eigenvalue weighted by Gasteiger charge is 2.08. The van der Waals surface area contributed by atoms with Gasteiger partial charge in [-0.1, -0.05) is 30.3 Å². The van der Waals surface area contributed by atoms with Crippen LogP contribution in [-0.2, 0) is 6.54 Å². The molecule has 0 fully saturated rings. The number of hydrogen-bond donors (Lipinski definition) is 2. The minimum absolute atomic E-state index is 0.0104. The van der Waals surface area contributed by atoms with Crippen molar-refractivity contribution >= 4 is 11.6 Å². The van der Waals surface area contributed by atoms with Crippen LogP contribution in [0.15, 0.2) is 54.6 Å². The van der Waals surface area contributed by atoms with Crippen molar-refractivity contribution in [3.8, 4) is 0 Å². The Hall–Kier alpha value is -2.33. The van der Waals surface area contributed by atoms with Gasteiger partial charge >= 0.3 is 0 Å². The third-order valence-electron chi connectivity index (χ3n) is 3.98. The second-order valence-corrected chi connectivity index (χ2v) is 5.76. The van der Waals surface area contributed by atoms with Gasteiger partial charge in [0.15, 0.2) is 0 Å².